The Morgan fingerprint density at radius 2 is 1.83 bits per heavy atom. The number of allylic oxidation sites excluding steroid dienone is 2. The number of aliphatic hydroxyl groups is 3. The lowest BCUT2D eigenvalue weighted by Crippen LogP contribution is -2.54. The molecule has 0 aliphatic heterocycles. The van der Waals surface area contributed by atoms with Gasteiger partial charge in [0.25, 0.3) is 0 Å². The zero-order valence-electron chi connectivity index (χ0n) is 15.4. The van der Waals surface area contributed by atoms with Crippen LogP contribution in [0.2, 0.25) is 0 Å². The van der Waals surface area contributed by atoms with Gasteiger partial charge in [-0.05, 0) is 86.4 Å². The van der Waals surface area contributed by atoms with Crippen molar-refractivity contribution in [3.63, 3.8) is 0 Å². The lowest BCUT2D eigenvalue weighted by molar-refractivity contribution is -0.0846. The molecule has 0 amide bonds. The first-order chi connectivity index (χ1) is 11.3. The van der Waals surface area contributed by atoms with Crippen LogP contribution in [0.3, 0.4) is 0 Å². The highest BCUT2D eigenvalue weighted by Gasteiger charge is 2.59. The standard InChI is InChI=1S/C21H34O3/c1-12(22)15-4-5-16-14-11-19(24)18-10-13(23)6-8-21(18,3)17(14)7-9-20(15,16)2/h7,12-16,18-19,22-24H,4-6,8-11H2,1-3H3/t12-,13+,14+,15-,16+,18-,19+,20-,21-/m1/s1. The molecule has 3 saturated carbocycles. The van der Waals surface area contributed by atoms with E-state index in [1.54, 1.807) is 5.57 Å². The zero-order chi connectivity index (χ0) is 17.3. The fourth-order valence-electron chi connectivity index (χ4n) is 7.38. The summed E-state index contributed by atoms with van der Waals surface area (Å²) >= 11 is 0. The van der Waals surface area contributed by atoms with E-state index < -0.39 is 0 Å². The third-order valence-corrected chi connectivity index (χ3v) is 8.67. The van der Waals surface area contributed by atoms with Crippen molar-refractivity contribution >= 4 is 0 Å². The topological polar surface area (TPSA) is 60.7 Å². The van der Waals surface area contributed by atoms with Gasteiger partial charge in [0.1, 0.15) is 0 Å². The second kappa shape index (κ2) is 5.56. The summed E-state index contributed by atoms with van der Waals surface area (Å²) in [5.41, 5.74) is 1.82. The first-order valence-electron chi connectivity index (χ1n) is 10.0. The number of hydrogen-bond acceptors (Lipinski definition) is 3. The maximum atomic E-state index is 10.9. The Bertz CT molecular complexity index is 541. The average molecular weight is 335 g/mol. The van der Waals surface area contributed by atoms with Crippen LogP contribution in [-0.2, 0) is 0 Å². The number of aliphatic hydroxyl groups excluding tert-OH is 3. The molecule has 3 N–H and O–H groups in total. The molecule has 0 aromatic rings. The lowest BCUT2D eigenvalue weighted by atomic mass is 9.48. The van der Waals surface area contributed by atoms with Gasteiger partial charge in [-0.3, -0.25) is 0 Å². The summed E-state index contributed by atoms with van der Waals surface area (Å²) in [5.74, 6) is 1.66. The van der Waals surface area contributed by atoms with Crippen molar-refractivity contribution in [3.8, 4) is 0 Å². The van der Waals surface area contributed by atoms with Crippen molar-refractivity contribution in [2.45, 2.75) is 84.0 Å². The Morgan fingerprint density at radius 1 is 1.08 bits per heavy atom. The third kappa shape index (κ3) is 2.20. The van der Waals surface area contributed by atoms with E-state index in [9.17, 15) is 15.3 Å². The van der Waals surface area contributed by atoms with Gasteiger partial charge < -0.3 is 15.3 Å². The van der Waals surface area contributed by atoms with Gasteiger partial charge >= 0.3 is 0 Å². The monoisotopic (exact) mass is 334 g/mol. The highest BCUT2D eigenvalue weighted by molar-refractivity contribution is 5.30. The maximum Gasteiger partial charge on any atom is 0.0583 e. The SMILES string of the molecule is C[C@@H](O)[C@H]1CC[C@H]2[C@@H]3C[C@H](O)[C@H]4C[C@@H](O)CC[C@]4(C)C3=CC[C@]12C. The Labute approximate surface area is 146 Å². The van der Waals surface area contributed by atoms with Crippen LogP contribution in [0.1, 0.15) is 65.7 Å². The maximum absolute atomic E-state index is 10.9. The van der Waals surface area contributed by atoms with Gasteiger partial charge in [-0.2, -0.15) is 0 Å². The van der Waals surface area contributed by atoms with Gasteiger partial charge in [-0.15, -0.1) is 0 Å². The van der Waals surface area contributed by atoms with Crippen LogP contribution in [0.25, 0.3) is 0 Å². The van der Waals surface area contributed by atoms with Crippen molar-refractivity contribution in [2.24, 2.45) is 34.5 Å². The minimum absolute atomic E-state index is 0.0613. The molecule has 3 nitrogen and oxygen atoms in total. The summed E-state index contributed by atoms with van der Waals surface area (Å²) in [6.45, 7) is 6.67. The molecule has 0 aromatic carbocycles. The molecule has 24 heavy (non-hydrogen) atoms. The number of fused-ring (bicyclic) bond motifs is 5. The molecule has 4 aliphatic carbocycles. The van der Waals surface area contributed by atoms with Crippen LogP contribution >= 0.6 is 0 Å². The fraction of sp³-hybridized carbons (Fsp3) is 0.905. The van der Waals surface area contributed by atoms with Crippen molar-refractivity contribution in [3.05, 3.63) is 11.6 Å². The zero-order valence-corrected chi connectivity index (χ0v) is 15.4. The first-order valence-corrected chi connectivity index (χ1v) is 10.0. The Balaban J connectivity index is 1.71. The van der Waals surface area contributed by atoms with Crippen molar-refractivity contribution in [1.29, 1.82) is 0 Å². The number of hydrogen-bond donors (Lipinski definition) is 3. The Kier molecular flexibility index (Phi) is 3.95. The molecule has 0 spiro atoms. The fourth-order valence-corrected chi connectivity index (χ4v) is 7.38. The van der Waals surface area contributed by atoms with E-state index in [2.05, 4.69) is 19.9 Å². The average Bonchev–Trinajstić information content (AvgIpc) is 2.87. The summed E-state index contributed by atoms with van der Waals surface area (Å²) < 4.78 is 0. The van der Waals surface area contributed by atoms with E-state index >= 15 is 0 Å². The van der Waals surface area contributed by atoms with E-state index in [1.807, 2.05) is 6.92 Å². The number of rotatable bonds is 1. The van der Waals surface area contributed by atoms with Crippen LogP contribution in [0.4, 0.5) is 0 Å². The highest BCUT2D eigenvalue weighted by atomic mass is 16.3. The van der Waals surface area contributed by atoms with Gasteiger partial charge in [0, 0.05) is 0 Å². The van der Waals surface area contributed by atoms with Crippen molar-refractivity contribution in [1.82, 2.24) is 0 Å². The normalized spacial score (nSPS) is 55.2. The molecule has 3 heteroatoms. The largest absolute Gasteiger partial charge is 0.393 e. The molecule has 9 atom stereocenters. The predicted octanol–water partition coefficient (Wildman–Crippen LogP) is 3.28. The summed E-state index contributed by atoms with van der Waals surface area (Å²) in [5, 5.41) is 31.3. The molecule has 4 rings (SSSR count). The van der Waals surface area contributed by atoms with E-state index in [0.29, 0.717) is 17.8 Å². The molecule has 0 radical (unpaired) electrons. The van der Waals surface area contributed by atoms with Crippen LogP contribution in [0.5, 0.6) is 0 Å². The second-order valence-corrected chi connectivity index (χ2v) is 9.76. The summed E-state index contributed by atoms with van der Waals surface area (Å²) in [7, 11) is 0. The summed E-state index contributed by atoms with van der Waals surface area (Å²) in [6, 6.07) is 0. The molecule has 0 saturated heterocycles. The van der Waals surface area contributed by atoms with Crippen LogP contribution in [0, 0.1) is 34.5 Å². The van der Waals surface area contributed by atoms with E-state index in [-0.39, 0.29) is 35.1 Å². The van der Waals surface area contributed by atoms with Gasteiger partial charge in [0.2, 0.25) is 0 Å². The van der Waals surface area contributed by atoms with Gasteiger partial charge in [0.15, 0.2) is 0 Å². The van der Waals surface area contributed by atoms with Crippen molar-refractivity contribution < 1.29 is 15.3 Å². The summed E-state index contributed by atoms with van der Waals surface area (Å²) in [4.78, 5) is 0. The molecular formula is C21H34O3. The quantitative estimate of drug-likeness (QED) is 0.645. The van der Waals surface area contributed by atoms with E-state index in [1.165, 1.54) is 6.42 Å². The highest BCUT2D eigenvalue weighted by Crippen LogP contribution is 2.65. The van der Waals surface area contributed by atoms with E-state index in [0.717, 1.165) is 38.5 Å². The van der Waals surface area contributed by atoms with Crippen molar-refractivity contribution in [2.75, 3.05) is 0 Å². The van der Waals surface area contributed by atoms with Crippen LogP contribution in [-0.4, -0.2) is 33.6 Å². The molecule has 0 bridgehead atoms. The minimum Gasteiger partial charge on any atom is -0.393 e. The van der Waals surface area contributed by atoms with Gasteiger partial charge in [-0.1, -0.05) is 25.5 Å². The third-order valence-electron chi connectivity index (χ3n) is 8.67. The molecule has 0 heterocycles. The molecule has 0 unspecified atom stereocenters. The Hall–Kier alpha value is -0.380. The van der Waals surface area contributed by atoms with Crippen LogP contribution in [0.15, 0.2) is 11.6 Å². The van der Waals surface area contributed by atoms with Gasteiger partial charge in [-0.25, -0.2) is 0 Å². The molecule has 3 fully saturated rings. The van der Waals surface area contributed by atoms with E-state index in [4.69, 9.17) is 0 Å². The molecule has 4 aliphatic rings. The lowest BCUT2D eigenvalue weighted by Gasteiger charge is -2.58. The smallest absolute Gasteiger partial charge is 0.0583 e. The van der Waals surface area contributed by atoms with Gasteiger partial charge in [0.05, 0.1) is 18.3 Å². The first kappa shape index (κ1) is 17.1. The second-order valence-electron chi connectivity index (χ2n) is 9.76. The summed E-state index contributed by atoms with van der Waals surface area (Å²) in [6.07, 6.45) is 8.55. The predicted molar refractivity (Wildman–Crippen MR) is 94.3 cm³/mol. The molecule has 0 aromatic heterocycles. The molecular weight excluding hydrogens is 300 g/mol. The molecule has 136 valence electrons. The minimum atomic E-state index is -0.292. The van der Waals surface area contributed by atoms with Crippen LogP contribution < -0.4 is 0 Å². The Morgan fingerprint density at radius 3 is 2.54 bits per heavy atom.